The quantitative estimate of drug-likeness (QED) is 0.741. The van der Waals surface area contributed by atoms with E-state index in [1.165, 1.54) is 38.8 Å². The van der Waals surface area contributed by atoms with Crippen molar-refractivity contribution >= 4 is 0 Å². The lowest BCUT2D eigenvalue weighted by atomic mass is 9.84. The lowest BCUT2D eigenvalue weighted by Gasteiger charge is -2.34. The molecule has 0 amide bonds. The van der Waals surface area contributed by atoms with E-state index in [9.17, 15) is 0 Å². The van der Waals surface area contributed by atoms with Crippen molar-refractivity contribution in [3.05, 3.63) is 0 Å². The van der Waals surface area contributed by atoms with Crippen molar-refractivity contribution in [3.63, 3.8) is 0 Å². The van der Waals surface area contributed by atoms with Crippen LogP contribution in [0.5, 0.6) is 0 Å². The molecule has 20 heavy (non-hydrogen) atoms. The second-order valence-electron chi connectivity index (χ2n) is 7.48. The molecule has 1 N–H and O–H groups in total. The maximum atomic E-state index is 5.44. The van der Waals surface area contributed by atoms with E-state index in [0.29, 0.717) is 11.5 Å². The predicted octanol–water partition coefficient (Wildman–Crippen LogP) is 3.15. The highest BCUT2D eigenvalue weighted by atomic mass is 16.5. The molecule has 0 aromatic heterocycles. The molecule has 120 valence electrons. The van der Waals surface area contributed by atoms with Crippen LogP contribution in [0.1, 0.15) is 53.4 Å². The average molecular weight is 284 g/mol. The summed E-state index contributed by atoms with van der Waals surface area (Å²) in [5.74, 6) is 0.838. The van der Waals surface area contributed by atoms with Gasteiger partial charge < -0.3 is 15.0 Å². The fraction of sp³-hybridized carbons (Fsp3) is 1.00. The van der Waals surface area contributed by atoms with Crippen molar-refractivity contribution in [1.82, 2.24) is 10.2 Å². The lowest BCUT2D eigenvalue weighted by Crippen LogP contribution is -2.43. The normalized spacial score (nSPS) is 19.5. The summed E-state index contributed by atoms with van der Waals surface area (Å²) in [6.07, 6.45) is 4.93. The van der Waals surface area contributed by atoms with Crippen molar-refractivity contribution in [2.75, 3.05) is 39.9 Å². The first-order chi connectivity index (χ1) is 9.43. The zero-order valence-corrected chi connectivity index (χ0v) is 14.4. The van der Waals surface area contributed by atoms with Gasteiger partial charge in [0, 0.05) is 25.8 Å². The van der Waals surface area contributed by atoms with Crippen LogP contribution in [0, 0.1) is 11.3 Å². The average Bonchev–Trinajstić information content (AvgIpc) is 2.38. The Kier molecular flexibility index (Phi) is 8.08. The number of hydrogen-bond acceptors (Lipinski definition) is 3. The molecule has 1 rings (SSSR count). The molecule has 0 aromatic rings. The predicted molar refractivity (Wildman–Crippen MR) is 87.2 cm³/mol. The van der Waals surface area contributed by atoms with E-state index in [-0.39, 0.29) is 0 Å². The SMILES string of the molecule is CCCNC(CCN(C)CC1CCOCC1)C(C)(C)C. The molecule has 1 unspecified atom stereocenters. The number of ether oxygens (including phenoxy) is 1. The fourth-order valence-corrected chi connectivity index (χ4v) is 2.97. The van der Waals surface area contributed by atoms with E-state index >= 15 is 0 Å². The van der Waals surface area contributed by atoms with Crippen molar-refractivity contribution < 1.29 is 4.74 Å². The molecule has 0 radical (unpaired) electrons. The monoisotopic (exact) mass is 284 g/mol. The molecule has 3 heteroatoms. The Morgan fingerprint density at radius 2 is 1.90 bits per heavy atom. The minimum Gasteiger partial charge on any atom is -0.381 e. The van der Waals surface area contributed by atoms with Crippen LogP contribution in [0.25, 0.3) is 0 Å². The molecule has 1 atom stereocenters. The Balaban J connectivity index is 2.29. The molecule has 1 heterocycles. The number of nitrogens with zero attached hydrogens (tertiary/aromatic N) is 1. The van der Waals surface area contributed by atoms with E-state index in [0.717, 1.165) is 25.7 Å². The third-order valence-electron chi connectivity index (χ3n) is 4.40. The summed E-state index contributed by atoms with van der Waals surface area (Å²) < 4.78 is 5.44. The molecule has 0 aliphatic carbocycles. The maximum Gasteiger partial charge on any atom is 0.0469 e. The number of rotatable bonds is 8. The van der Waals surface area contributed by atoms with Crippen LogP contribution in [0.4, 0.5) is 0 Å². The van der Waals surface area contributed by atoms with Crippen LogP contribution in [-0.4, -0.2) is 50.8 Å². The summed E-state index contributed by atoms with van der Waals surface area (Å²) >= 11 is 0. The largest absolute Gasteiger partial charge is 0.381 e. The minimum absolute atomic E-state index is 0.342. The molecule has 0 aromatic carbocycles. The van der Waals surface area contributed by atoms with Crippen LogP contribution >= 0.6 is 0 Å². The third kappa shape index (κ3) is 7.05. The Bertz CT molecular complexity index is 244. The number of nitrogens with one attached hydrogen (secondary N) is 1. The van der Waals surface area contributed by atoms with Crippen LogP contribution in [0.3, 0.4) is 0 Å². The smallest absolute Gasteiger partial charge is 0.0469 e. The van der Waals surface area contributed by atoms with E-state index in [2.05, 4.69) is 45.0 Å². The Hall–Kier alpha value is -0.120. The minimum atomic E-state index is 0.342. The van der Waals surface area contributed by atoms with Crippen LogP contribution in [0.15, 0.2) is 0 Å². The maximum absolute atomic E-state index is 5.44. The van der Waals surface area contributed by atoms with Crippen LogP contribution in [0.2, 0.25) is 0 Å². The van der Waals surface area contributed by atoms with E-state index in [1.54, 1.807) is 0 Å². The van der Waals surface area contributed by atoms with Gasteiger partial charge in [-0.1, -0.05) is 27.7 Å². The van der Waals surface area contributed by atoms with Gasteiger partial charge in [-0.05, 0) is 57.2 Å². The highest BCUT2D eigenvalue weighted by molar-refractivity contribution is 4.81. The first kappa shape index (κ1) is 17.9. The molecule has 3 nitrogen and oxygen atoms in total. The number of hydrogen-bond donors (Lipinski definition) is 1. The van der Waals surface area contributed by atoms with Gasteiger partial charge in [0.2, 0.25) is 0 Å². The highest BCUT2D eigenvalue weighted by Crippen LogP contribution is 2.22. The molecule has 1 aliphatic rings. The van der Waals surface area contributed by atoms with Gasteiger partial charge in [0.15, 0.2) is 0 Å². The fourth-order valence-electron chi connectivity index (χ4n) is 2.97. The van der Waals surface area contributed by atoms with Gasteiger partial charge in [-0.25, -0.2) is 0 Å². The Morgan fingerprint density at radius 3 is 2.45 bits per heavy atom. The van der Waals surface area contributed by atoms with Gasteiger partial charge in [0.05, 0.1) is 0 Å². The Morgan fingerprint density at radius 1 is 1.25 bits per heavy atom. The summed E-state index contributed by atoms with van der Waals surface area (Å²) in [6.45, 7) is 14.7. The van der Waals surface area contributed by atoms with Gasteiger partial charge in [-0.2, -0.15) is 0 Å². The van der Waals surface area contributed by atoms with Crippen molar-refractivity contribution in [2.24, 2.45) is 11.3 Å². The molecule has 0 bridgehead atoms. The molecule has 0 saturated carbocycles. The molecule has 1 fully saturated rings. The zero-order valence-electron chi connectivity index (χ0n) is 14.4. The van der Waals surface area contributed by atoms with Gasteiger partial charge in [0.1, 0.15) is 0 Å². The van der Waals surface area contributed by atoms with Crippen molar-refractivity contribution in [1.29, 1.82) is 0 Å². The summed E-state index contributed by atoms with van der Waals surface area (Å²) in [5, 5.41) is 3.72. The van der Waals surface area contributed by atoms with Gasteiger partial charge in [0.25, 0.3) is 0 Å². The van der Waals surface area contributed by atoms with E-state index < -0.39 is 0 Å². The van der Waals surface area contributed by atoms with Crippen molar-refractivity contribution in [2.45, 2.75) is 59.4 Å². The Labute approximate surface area is 126 Å². The first-order valence-electron chi connectivity index (χ1n) is 8.43. The molecule has 1 saturated heterocycles. The van der Waals surface area contributed by atoms with Gasteiger partial charge >= 0.3 is 0 Å². The molecular formula is C17H36N2O. The van der Waals surface area contributed by atoms with E-state index in [1.807, 2.05) is 0 Å². The standard InChI is InChI=1S/C17H36N2O/c1-6-10-18-16(17(2,3)4)7-11-19(5)14-15-8-12-20-13-9-15/h15-16,18H,6-14H2,1-5H3. The van der Waals surface area contributed by atoms with Gasteiger partial charge in [-0.3, -0.25) is 0 Å². The summed E-state index contributed by atoms with van der Waals surface area (Å²) in [5.41, 5.74) is 0.342. The first-order valence-corrected chi connectivity index (χ1v) is 8.43. The second kappa shape index (κ2) is 9.01. The lowest BCUT2D eigenvalue weighted by molar-refractivity contribution is 0.0548. The van der Waals surface area contributed by atoms with Crippen molar-refractivity contribution in [3.8, 4) is 0 Å². The van der Waals surface area contributed by atoms with Gasteiger partial charge in [-0.15, -0.1) is 0 Å². The van der Waals surface area contributed by atoms with E-state index in [4.69, 9.17) is 4.74 Å². The van der Waals surface area contributed by atoms with Crippen LogP contribution in [-0.2, 0) is 4.74 Å². The summed E-state index contributed by atoms with van der Waals surface area (Å²) in [6, 6.07) is 0.611. The third-order valence-corrected chi connectivity index (χ3v) is 4.40. The summed E-state index contributed by atoms with van der Waals surface area (Å²) in [4.78, 5) is 2.52. The molecule has 0 spiro atoms. The second-order valence-corrected chi connectivity index (χ2v) is 7.48. The topological polar surface area (TPSA) is 24.5 Å². The highest BCUT2D eigenvalue weighted by Gasteiger charge is 2.24. The van der Waals surface area contributed by atoms with Crippen LogP contribution < -0.4 is 5.32 Å². The summed E-state index contributed by atoms with van der Waals surface area (Å²) in [7, 11) is 2.27. The zero-order chi connectivity index (χ0) is 15.0. The molecule has 1 aliphatic heterocycles. The molecular weight excluding hydrogens is 248 g/mol.